The van der Waals surface area contributed by atoms with Gasteiger partial charge in [0.15, 0.2) is 0 Å². The molecule has 0 nitrogen and oxygen atoms in total. The Morgan fingerprint density at radius 3 is 2.06 bits per heavy atom. The summed E-state index contributed by atoms with van der Waals surface area (Å²) in [5, 5.41) is 0. The van der Waals surface area contributed by atoms with Crippen LogP contribution in [-0.2, 0) is 6.42 Å². The fraction of sp³-hybridized carbons (Fsp3) is 0.143. The molecule has 0 amide bonds. The quantitative estimate of drug-likeness (QED) is 0.629. The molecule has 4 heteroatoms. The van der Waals surface area contributed by atoms with Crippen molar-refractivity contribution in [3.8, 4) is 0 Å². The number of benzene rings is 2. The van der Waals surface area contributed by atoms with Gasteiger partial charge in [-0.05, 0) is 41.8 Å². The SMILES string of the molecule is Fc1cc(F)cc(C(Br)Cc2ccc(Br)cc2)c1. The standard InChI is InChI=1S/C14H10Br2F2/c15-11-3-1-9(2-4-11)5-14(16)10-6-12(17)8-13(18)7-10/h1-4,6-8,14H,5H2. The molecule has 1 atom stereocenters. The molecule has 0 bridgehead atoms. The third kappa shape index (κ3) is 3.62. The van der Waals surface area contributed by atoms with Crippen molar-refractivity contribution in [2.24, 2.45) is 0 Å². The Morgan fingerprint density at radius 2 is 1.50 bits per heavy atom. The lowest BCUT2D eigenvalue weighted by atomic mass is 10.0. The first kappa shape index (κ1) is 13.7. The molecule has 0 aliphatic rings. The zero-order valence-electron chi connectivity index (χ0n) is 9.34. The Kier molecular flexibility index (Phi) is 4.51. The van der Waals surface area contributed by atoms with Gasteiger partial charge < -0.3 is 0 Å². The molecule has 18 heavy (non-hydrogen) atoms. The van der Waals surface area contributed by atoms with Crippen LogP contribution in [0.15, 0.2) is 46.9 Å². The van der Waals surface area contributed by atoms with E-state index in [1.165, 1.54) is 12.1 Å². The lowest BCUT2D eigenvalue weighted by molar-refractivity contribution is 0.579. The van der Waals surface area contributed by atoms with Crippen molar-refractivity contribution in [2.75, 3.05) is 0 Å². The average molecular weight is 376 g/mol. The van der Waals surface area contributed by atoms with Crippen LogP contribution in [0.1, 0.15) is 16.0 Å². The highest BCUT2D eigenvalue weighted by atomic mass is 79.9. The van der Waals surface area contributed by atoms with E-state index in [0.29, 0.717) is 12.0 Å². The number of hydrogen-bond donors (Lipinski definition) is 0. The van der Waals surface area contributed by atoms with Gasteiger partial charge in [-0.1, -0.05) is 44.0 Å². The average Bonchev–Trinajstić information content (AvgIpc) is 2.31. The van der Waals surface area contributed by atoms with Gasteiger partial charge in [-0.3, -0.25) is 0 Å². The fourth-order valence-corrected chi connectivity index (χ4v) is 2.60. The molecular weight excluding hydrogens is 366 g/mol. The Hall–Kier alpha value is -0.740. The lowest BCUT2D eigenvalue weighted by Gasteiger charge is -2.11. The monoisotopic (exact) mass is 374 g/mol. The largest absolute Gasteiger partial charge is 0.207 e. The van der Waals surface area contributed by atoms with Crippen LogP contribution in [0.3, 0.4) is 0 Å². The molecule has 0 aromatic heterocycles. The van der Waals surface area contributed by atoms with E-state index in [9.17, 15) is 8.78 Å². The van der Waals surface area contributed by atoms with Crippen LogP contribution in [0, 0.1) is 11.6 Å². The van der Waals surface area contributed by atoms with Crippen LogP contribution < -0.4 is 0 Å². The van der Waals surface area contributed by atoms with Gasteiger partial charge in [-0.2, -0.15) is 0 Å². The van der Waals surface area contributed by atoms with Crippen molar-refractivity contribution in [2.45, 2.75) is 11.2 Å². The van der Waals surface area contributed by atoms with E-state index in [2.05, 4.69) is 31.9 Å². The van der Waals surface area contributed by atoms with Gasteiger partial charge >= 0.3 is 0 Å². The van der Waals surface area contributed by atoms with Gasteiger partial charge in [0.05, 0.1) is 0 Å². The zero-order valence-corrected chi connectivity index (χ0v) is 12.5. The van der Waals surface area contributed by atoms with Gasteiger partial charge in [-0.15, -0.1) is 0 Å². The van der Waals surface area contributed by atoms with E-state index >= 15 is 0 Å². The summed E-state index contributed by atoms with van der Waals surface area (Å²) < 4.78 is 27.2. The van der Waals surface area contributed by atoms with E-state index in [1.54, 1.807) is 0 Å². The highest BCUT2D eigenvalue weighted by Crippen LogP contribution is 2.28. The second kappa shape index (κ2) is 5.93. The number of hydrogen-bond acceptors (Lipinski definition) is 0. The van der Waals surface area contributed by atoms with Crippen molar-refractivity contribution in [3.05, 3.63) is 69.7 Å². The third-order valence-electron chi connectivity index (χ3n) is 2.57. The Balaban J connectivity index is 2.16. The van der Waals surface area contributed by atoms with Crippen molar-refractivity contribution >= 4 is 31.9 Å². The molecule has 1 unspecified atom stereocenters. The van der Waals surface area contributed by atoms with Crippen molar-refractivity contribution in [3.63, 3.8) is 0 Å². The smallest absolute Gasteiger partial charge is 0.126 e. The lowest BCUT2D eigenvalue weighted by Crippen LogP contribution is -1.97. The maximum atomic E-state index is 13.1. The first-order chi connectivity index (χ1) is 8.54. The first-order valence-corrected chi connectivity index (χ1v) is 7.10. The Bertz CT molecular complexity index is 518. The maximum Gasteiger partial charge on any atom is 0.126 e. The minimum absolute atomic E-state index is 0.108. The summed E-state index contributed by atoms with van der Waals surface area (Å²) in [5.74, 6) is -1.10. The molecule has 0 aliphatic heterocycles. The molecule has 0 N–H and O–H groups in total. The molecule has 0 saturated heterocycles. The maximum absolute atomic E-state index is 13.1. The van der Waals surface area contributed by atoms with Gasteiger partial charge in [0.1, 0.15) is 11.6 Å². The molecule has 0 saturated carbocycles. The molecule has 0 aliphatic carbocycles. The predicted molar refractivity (Wildman–Crippen MR) is 75.9 cm³/mol. The highest BCUT2D eigenvalue weighted by Gasteiger charge is 2.11. The van der Waals surface area contributed by atoms with E-state index < -0.39 is 11.6 Å². The molecule has 2 aromatic carbocycles. The normalized spacial score (nSPS) is 12.4. The first-order valence-electron chi connectivity index (χ1n) is 5.39. The van der Waals surface area contributed by atoms with E-state index in [4.69, 9.17) is 0 Å². The molecule has 94 valence electrons. The van der Waals surface area contributed by atoms with E-state index in [1.807, 2.05) is 24.3 Å². The van der Waals surface area contributed by atoms with Crippen molar-refractivity contribution in [1.82, 2.24) is 0 Å². The summed E-state index contributed by atoms with van der Waals surface area (Å²) in [6.45, 7) is 0. The molecule has 0 heterocycles. The molecule has 0 radical (unpaired) electrons. The second-order valence-corrected chi connectivity index (χ2v) is 6.02. The van der Waals surface area contributed by atoms with E-state index in [-0.39, 0.29) is 4.83 Å². The van der Waals surface area contributed by atoms with Gasteiger partial charge in [0.2, 0.25) is 0 Å². The summed E-state index contributed by atoms with van der Waals surface area (Å²) in [7, 11) is 0. The van der Waals surface area contributed by atoms with Crippen LogP contribution in [0.25, 0.3) is 0 Å². The Morgan fingerprint density at radius 1 is 0.944 bits per heavy atom. The molecule has 2 rings (SSSR count). The minimum atomic E-state index is -0.551. The predicted octanol–water partition coefficient (Wildman–Crippen LogP) is 5.41. The molecule has 0 fully saturated rings. The van der Waals surface area contributed by atoms with Gasteiger partial charge in [0, 0.05) is 15.4 Å². The summed E-state index contributed by atoms with van der Waals surface area (Å²) in [6, 6.07) is 11.4. The van der Waals surface area contributed by atoms with Crippen molar-refractivity contribution in [1.29, 1.82) is 0 Å². The highest BCUT2D eigenvalue weighted by molar-refractivity contribution is 9.10. The van der Waals surface area contributed by atoms with Crippen LogP contribution in [0.5, 0.6) is 0 Å². The summed E-state index contributed by atoms with van der Waals surface area (Å²) in [4.78, 5) is -0.108. The number of alkyl halides is 1. The number of rotatable bonds is 3. The van der Waals surface area contributed by atoms with Crippen molar-refractivity contribution < 1.29 is 8.78 Å². The summed E-state index contributed by atoms with van der Waals surface area (Å²) in [6.07, 6.45) is 0.677. The van der Waals surface area contributed by atoms with Gasteiger partial charge in [-0.25, -0.2) is 8.78 Å². The fourth-order valence-electron chi connectivity index (χ4n) is 1.70. The zero-order chi connectivity index (χ0) is 13.1. The molecule has 2 aromatic rings. The molecular formula is C14H10Br2F2. The van der Waals surface area contributed by atoms with Crippen LogP contribution >= 0.6 is 31.9 Å². The second-order valence-electron chi connectivity index (χ2n) is 4.00. The van der Waals surface area contributed by atoms with Crippen LogP contribution in [-0.4, -0.2) is 0 Å². The number of halogens is 4. The minimum Gasteiger partial charge on any atom is -0.207 e. The Labute approximate surface area is 121 Å². The summed E-state index contributed by atoms with van der Waals surface area (Å²) in [5.41, 5.74) is 1.71. The van der Waals surface area contributed by atoms with Crippen LogP contribution in [0.2, 0.25) is 0 Å². The van der Waals surface area contributed by atoms with Gasteiger partial charge in [0.25, 0.3) is 0 Å². The van der Waals surface area contributed by atoms with E-state index in [0.717, 1.165) is 16.1 Å². The topological polar surface area (TPSA) is 0 Å². The molecule has 0 spiro atoms. The third-order valence-corrected chi connectivity index (χ3v) is 3.96. The van der Waals surface area contributed by atoms with Crippen LogP contribution in [0.4, 0.5) is 8.78 Å². The summed E-state index contributed by atoms with van der Waals surface area (Å²) >= 11 is 6.83.